The van der Waals surface area contributed by atoms with Crippen molar-refractivity contribution in [3.8, 4) is 31.0 Å². The number of aromatic nitrogens is 9. The highest BCUT2D eigenvalue weighted by Gasteiger charge is 2.35. The predicted molar refractivity (Wildman–Crippen MR) is 465 cm³/mol. The Bertz CT molecular complexity index is 5530. The number of pyridine rings is 4. The second-order valence-corrected chi connectivity index (χ2v) is 35.6. The largest absolute Gasteiger partial charge is 0.351 e. The maximum Gasteiger partial charge on any atom is 0.271 e. The van der Waals surface area contributed by atoms with Gasteiger partial charge in [-0.25, -0.2) is 63.2 Å². The first-order valence-electron chi connectivity index (χ1n) is 39.9. The van der Waals surface area contributed by atoms with E-state index in [1.807, 2.05) is 58.7 Å². The molecule has 10 aromatic rings. The molecule has 0 aliphatic heterocycles. The first-order valence-corrected chi connectivity index (χ1v) is 44.0. The number of hydrogen-bond acceptors (Lipinski definition) is 29. The van der Waals surface area contributed by atoms with Crippen molar-refractivity contribution in [1.29, 1.82) is 26.3 Å². The molecule has 0 spiro atoms. The molecule has 1 aromatic carbocycles. The average Bonchev–Trinajstić information content (AvgIpc) is 1.68. The van der Waals surface area contributed by atoms with E-state index in [1.165, 1.54) is 28.5 Å². The zero-order chi connectivity index (χ0) is 93.0. The molecule has 0 saturated heterocycles. The summed E-state index contributed by atoms with van der Waals surface area (Å²) >= 11 is 5.62. The Labute approximate surface area is 747 Å². The minimum atomic E-state index is -1.05. The van der Waals surface area contributed by atoms with Gasteiger partial charge in [-0.1, -0.05) is 91.9 Å². The van der Waals surface area contributed by atoms with Gasteiger partial charge in [0.2, 0.25) is 67.3 Å². The first-order chi connectivity index (χ1) is 60.4. The quantitative estimate of drug-likeness (QED) is 0.00955. The summed E-state index contributed by atoms with van der Waals surface area (Å²) in [5, 5.41) is 62.3. The number of nitrogens with one attached hydrogen (secondary N) is 5. The molecular formula is C84H89F9N24O5S5. The summed E-state index contributed by atoms with van der Waals surface area (Å²) in [6, 6.07) is 11.0. The second-order valence-electron chi connectivity index (χ2n) is 29.7. The number of anilines is 10. The number of thiazole rings is 5. The van der Waals surface area contributed by atoms with Gasteiger partial charge in [-0.05, 0) is 111 Å². The molecule has 0 bridgehead atoms. The summed E-state index contributed by atoms with van der Waals surface area (Å²) in [5.74, 6) is -9.78. The van der Waals surface area contributed by atoms with Crippen molar-refractivity contribution in [2.45, 2.75) is 190 Å². The van der Waals surface area contributed by atoms with Crippen LogP contribution in [-0.2, 0) is 0 Å². The van der Waals surface area contributed by atoms with Gasteiger partial charge in [0.1, 0.15) is 40.1 Å². The van der Waals surface area contributed by atoms with Gasteiger partial charge in [-0.3, -0.25) is 24.0 Å². The van der Waals surface area contributed by atoms with Gasteiger partial charge in [0.05, 0.1) is 28.4 Å². The Hall–Kier alpha value is -12.9. The fourth-order valence-electron chi connectivity index (χ4n) is 12.7. The number of unbranched alkanes of at least 4 members (excludes halogenated alkanes) is 6. The molecule has 12 rings (SSSR count). The highest BCUT2D eigenvalue weighted by atomic mass is 32.1. The van der Waals surface area contributed by atoms with Crippen LogP contribution >= 0.6 is 56.7 Å². The number of carbonyl (C=O) groups is 5. The summed E-state index contributed by atoms with van der Waals surface area (Å²) in [6.07, 6.45) is 27.0. The summed E-state index contributed by atoms with van der Waals surface area (Å²) in [6.45, 7) is 22.4. The Kier molecular flexibility index (Phi) is 36.8. The molecule has 0 atom stereocenters. The third-order valence-corrected chi connectivity index (χ3v) is 23.9. The molecule has 5 amide bonds. The van der Waals surface area contributed by atoms with Crippen LogP contribution in [0.2, 0.25) is 0 Å². The minimum Gasteiger partial charge on any atom is -0.351 e. The maximum atomic E-state index is 13.5. The van der Waals surface area contributed by atoms with Crippen molar-refractivity contribution >= 4 is 140 Å². The SMILES string of the molecule is CCCCCCNC(=O)c1nc(N(C#N)c2cc(F)nc(F)c2)sc1C.CCCCCCNC(=O)c1nc(N(C#N)c2ccnc(F)c2)sc1C.Cc1sc(N(C#N)c2cc(F)cc(F)c2)nc1C(=O)NC1(C)CCCC1.Cc1sc(N(C#N)c2cc(F)nc(F)c2)nc1C(=O)NC1(C)CCCC1.Cc1sc(N(C#N)c2cc(F)nc(F)c2)nc1C(=O)NCC(C)C. The van der Waals surface area contributed by atoms with Gasteiger partial charge in [0, 0.05) is 110 Å². The van der Waals surface area contributed by atoms with Crippen molar-refractivity contribution in [2.75, 3.05) is 44.1 Å². The lowest BCUT2D eigenvalue weighted by Gasteiger charge is -2.24. The number of hydrogen-bond donors (Lipinski definition) is 5. The van der Waals surface area contributed by atoms with Gasteiger partial charge >= 0.3 is 0 Å². The zero-order valence-electron chi connectivity index (χ0n) is 70.9. The average molecular weight is 1850 g/mol. The second kappa shape index (κ2) is 46.9. The monoisotopic (exact) mass is 1840 g/mol. The van der Waals surface area contributed by atoms with E-state index in [4.69, 9.17) is 0 Å². The van der Waals surface area contributed by atoms with Crippen LogP contribution in [0, 0.1) is 151 Å². The molecule has 0 radical (unpaired) electrons. The highest BCUT2D eigenvalue weighted by molar-refractivity contribution is 7.17. The Morgan fingerprint density at radius 3 is 0.921 bits per heavy atom. The third kappa shape index (κ3) is 28.3. The summed E-state index contributed by atoms with van der Waals surface area (Å²) in [4.78, 5) is 104. The molecular weight excluding hydrogens is 1760 g/mol. The number of rotatable bonds is 29. The lowest BCUT2D eigenvalue weighted by molar-refractivity contribution is 0.0894. The van der Waals surface area contributed by atoms with E-state index in [9.17, 15) is 89.8 Å². The van der Waals surface area contributed by atoms with Gasteiger partial charge in [-0.15, -0.1) is 56.7 Å². The zero-order valence-corrected chi connectivity index (χ0v) is 75.0. The van der Waals surface area contributed by atoms with Crippen molar-refractivity contribution < 1.29 is 63.5 Å². The first kappa shape index (κ1) is 99.6. The number of carbonyl (C=O) groups excluding carboxylic acids is 5. The van der Waals surface area contributed by atoms with Gasteiger partial charge in [-0.2, -0.15) is 72.0 Å². The van der Waals surface area contributed by atoms with E-state index < -0.39 is 53.3 Å². The van der Waals surface area contributed by atoms with E-state index in [-0.39, 0.29) is 113 Å². The van der Waals surface area contributed by atoms with Crippen LogP contribution in [-0.4, -0.2) is 105 Å². The molecule has 2 saturated carbocycles. The standard InChI is InChI=1S/C18H18F2N4OS.C17H17F2N5OS.C17H19F2N5OS.C17H20FN5OS.C15H15F2N5OS/c1-11-15(16(25)23-18(2)5-3-4-6-18)22-17(26-11)24(10-21)14-8-12(19)7-13(20)9-14;1-10-14(15(25)23-17(2)5-3-4-6-17)22-16(26-10)24(9-20)11-7-12(18)21-13(19)8-11;1-3-4-5-6-7-21-16(25)15-11(2)26-17(23-15)24(10-20)12-8-13(18)22-14(19)9-12;1-3-4-5-6-8-21-16(24)15-12(2)25-17(22-15)23(11-19)13-7-9-20-14(18)10-13;1-8(2)6-19-14(23)13-9(3)24-15(21-13)22(7-18)10-4-11(16)20-12(17)5-10/h7-9H,3-6H2,1-2H3,(H,23,25);7-8H,3-6H2,1-2H3,(H,23,25);8-9H,3-7H2,1-2H3,(H,21,25);7,9-10H,3-6,8H2,1-2H3,(H,21,24);4-5,8H,6H2,1-3H3,(H,19,23). The van der Waals surface area contributed by atoms with Crippen molar-refractivity contribution in [2.24, 2.45) is 5.92 Å². The maximum absolute atomic E-state index is 13.5. The van der Waals surface area contributed by atoms with Crippen LogP contribution in [0.4, 0.5) is 93.6 Å². The summed E-state index contributed by atoms with van der Waals surface area (Å²) < 4.78 is 120. The molecule has 668 valence electrons. The van der Waals surface area contributed by atoms with E-state index >= 15 is 0 Å². The summed E-state index contributed by atoms with van der Waals surface area (Å²) in [5.41, 5.74) is 0.844. The van der Waals surface area contributed by atoms with Crippen LogP contribution in [0.25, 0.3) is 0 Å². The Morgan fingerprint density at radius 2 is 0.646 bits per heavy atom. The molecule has 2 aliphatic rings. The Morgan fingerprint density at radius 1 is 0.378 bits per heavy atom. The normalized spacial score (nSPS) is 12.5. The van der Waals surface area contributed by atoms with E-state index in [2.05, 4.69) is 85.3 Å². The van der Waals surface area contributed by atoms with Crippen LogP contribution in [0.3, 0.4) is 0 Å². The molecule has 2 fully saturated rings. The topological polar surface area (TPSA) is 397 Å². The molecule has 9 aromatic heterocycles. The van der Waals surface area contributed by atoms with Gasteiger partial charge in [0.15, 0.2) is 31.0 Å². The fourth-order valence-corrected chi connectivity index (χ4v) is 17.1. The van der Waals surface area contributed by atoms with E-state index in [1.54, 1.807) is 34.6 Å². The number of amides is 5. The van der Waals surface area contributed by atoms with Crippen LogP contribution < -0.4 is 51.1 Å². The van der Waals surface area contributed by atoms with Crippen molar-refractivity contribution in [3.05, 3.63) is 179 Å². The molecule has 5 N–H and O–H groups in total. The fraction of sp³-hybridized carbons (Fsp3) is 0.393. The Balaban J connectivity index is 0.000000196. The van der Waals surface area contributed by atoms with E-state index in [0.717, 1.165) is 228 Å². The van der Waals surface area contributed by atoms with E-state index in [0.29, 0.717) is 60.5 Å². The van der Waals surface area contributed by atoms with Crippen LogP contribution in [0.1, 0.15) is 221 Å². The number of halogens is 9. The van der Waals surface area contributed by atoms with Crippen molar-refractivity contribution in [1.82, 2.24) is 71.4 Å². The number of benzene rings is 1. The smallest absolute Gasteiger partial charge is 0.271 e. The van der Waals surface area contributed by atoms with Gasteiger partial charge in [0.25, 0.3) is 29.5 Å². The lowest BCUT2D eigenvalue weighted by atomic mass is 10.0. The molecule has 9 heterocycles. The third-order valence-electron chi connectivity index (χ3n) is 19.1. The molecule has 127 heavy (non-hydrogen) atoms. The number of nitriles is 5. The number of aryl methyl sites for hydroxylation is 5. The van der Waals surface area contributed by atoms with Crippen LogP contribution in [0.5, 0.6) is 0 Å². The molecule has 0 unspecified atom stereocenters. The summed E-state index contributed by atoms with van der Waals surface area (Å²) in [7, 11) is 0. The predicted octanol–water partition coefficient (Wildman–Crippen LogP) is 19.3. The molecule has 2 aliphatic carbocycles. The molecule has 43 heteroatoms. The van der Waals surface area contributed by atoms with Gasteiger partial charge < -0.3 is 26.6 Å². The minimum absolute atomic E-state index is 0.0217. The van der Waals surface area contributed by atoms with Crippen LogP contribution in [0.15, 0.2) is 72.9 Å². The lowest BCUT2D eigenvalue weighted by Crippen LogP contribution is -2.43. The van der Waals surface area contributed by atoms with Crippen molar-refractivity contribution in [3.63, 3.8) is 0 Å². The highest BCUT2D eigenvalue weighted by Crippen LogP contribution is 2.39. The number of nitrogens with zero attached hydrogens (tertiary/aromatic N) is 19. The molecule has 29 nitrogen and oxygen atoms in total.